The van der Waals surface area contributed by atoms with E-state index in [-0.39, 0.29) is 30.2 Å². The number of nitrogens with one attached hydrogen (secondary N) is 1. The second-order valence-corrected chi connectivity index (χ2v) is 7.03. The SMILES string of the molecule is C[C@H](NC(=O)[C@H]1CC(=O)N(c2ccccc2)C1)c1ccc(-n2ccnc2)cc1. The van der Waals surface area contributed by atoms with Gasteiger partial charge in [0.15, 0.2) is 0 Å². The van der Waals surface area contributed by atoms with Crippen molar-refractivity contribution in [2.24, 2.45) is 5.92 Å². The van der Waals surface area contributed by atoms with Crippen LogP contribution in [0.1, 0.15) is 24.9 Å². The van der Waals surface area contributed by atoms with Crippen molar-refractivity contribution in [1.29, 1.82) is 0 Å². The first kappa shape index (κ1) is 18.0. The third kappa shape index (κ3) is 3.67. The summed E-state index contributed by atoms with van der Waals surface area (Å²) in [6, 6.07) is 17.3. The van der Waals surface area contributed by atoms with Gasteiger partial charge >= 0.3 is 0 Å². The Morgan fingerprint density at radius 2 is 1.86 bits per heavy atom. The molecule has 2 heterocycles. The maximum Gasteiger partial charge on any atom is 0.227 e. The number of rotatable bonds is 5. The largest absolute Gasteiger partial charge is 0.349 e. The zero-order valence-corrected chi connectivity index (χ0v) is 15.7. The smallest absolute Gasteiger partial charge is 0.227 e. The van der Waals surface area contributed by atoms with Crippen LogP contribution in [0.4, 0.5) is 5.69 Å². The van der Waals surface area contributed by atoms with Crippen LogP contribution in [-0.4, -0.2) is 27.9 Å². The van der Waals surface area contributed by atoms with Gasteiger partial charge in [0.2, 0.25) is 11.8 Å². The molecule has 1 aromatic heterocycles. The molecule has 0 radical (unpaired) electrons. The number of para-hydroxylation sites is 1. The Hall–Kier alpha value is -3.41. The van der Waals surface area contributed by atoms with Crippen molar-refractivity contribution in [3.63, 3.8) is 0 Å². The van der Waals surface area contributed by atoms with E-state index in [9.17, 15) is 9.59 Å². The standard InChI is InChI=1S/C22H22N4O2/c1-16(17-7-9-19(10-8-17)25-12-11-23-15-25)24-22(28)18-13-21(27)26(14-18)20-5-3-2-4-6-20/h2-12,15-16,18H,13-14H2,1H3,(H,24,28)/t16-,18-/m0/s1. The summed E-state index contributed by atoms with van der Waals surface area (Å²) in [7, 11) is 0. The van der Waals surface area contributed by atoms with Gasteiger partial charge in [-0.2, -0.15) is 0 Å². The number of hydrogen-bond acceptors (Lipinski definition) is 3. The first-order valence-corrected chi connectivity index (χ1v) is 9.36. The van der Waals surface area contributed by atoms with Gasteiger partial charge in [-0.3, -0.25) is 9.59 Å². The summed E-state index contributed by atoms with van der Waals surface area (Å²) in [5.74, 6) is -0.429. The Labute approximate surface area is 163 Å². The van der Waals surface area contributed by atoms with E-state index in [1.165, 1.54) is 0 Å². The lowest BCUT2D eigenvalue weighted by Crippen LogP contribution is -2.34. The van der Waals surface area contributed by atoms with E-state index in [0.29, 0.717) is 6.54 Å². The molecule has 0 bridgehead atoms. The maximum absolute atomic E-state index is 12.7. The molecule has 28 heavy (non-hydrogen) atoms. The molecule has 1 aliphatic rings. The highest BCUT2D eigenvalue weighted by Gasteiger charge is 2.35. The van der Waals surface area contributed by atoms with Gasteiger partial charge in [0.05, 0.1) is 18.3 Å². The van der Waals surface area contributed by atoms with Crippen LogP contribution in [0.25, 0.3) is 5.69 Å². The van der Waals surface area contributed by atoms with E-state index in [4.69, 9.17) is 0 Å². The number of hydrogen-bond donors (Lipinski definition) is 1. The second-order valence-electron chi connectivity index (χ2n) is 7.03. The summed E-state index contributed by atoms with van der Waals surface area (Å²) in [6.45, 7) is 2.37. The van der Waals surface area contributed by atoms with Gasteiger partial charge in [0.1, 0.15) is 0 Å². The Bertz CT molecular complexity index is 952. The molecule has 0 spiro atoms. The molecule has 1 aliphatic heterocycles. The molecule has 2 amide bonds. The molecule has 6 heteroatoms. The Morgan fingerprint density at radius 1 is 1.11 bits per heavy atom. The van der Waals surface area contributed by atoms with Crippen molar-refractivity contribution in [2.45, 2.75) is 19.4 Å². The topological polar surface area (TPSA) is 67.2 Å². The van der Waals surface area contributed by atoms with Crippen LogP contribution in [0.5, 0.6) is 0 Å². The van der Waals surface area contributed by atoms with Gasteiger partial charge in [0.25, 0.3) is 0 Å². The zero-order chi connectivity index (χ0) is 19.5. The van der Waals surface area contributed by atoms with Crippen LogP contribution in [0.3, 0.4) is 0 Å². The molecule has 2 aromatic carbocycles. The number of nitrogens with zero attached hydrogens (tertiary/aromatic N) is 3. The van der Waals surface area contributed by atoms with E-state index in [1.54, 1.807) is 17.4 Å². The Balaban J connectivity index is 1.39. The molecule has 0 unspecified atom stereocenters. The first-order valence-electron chi connectivity index (χ1n) is 9.36. The van der Waals surface area contributed by atoms with Crippen molar-refractivity contribution in [2.75, 3.05) is 11.4 Å². The highest BCUT2D eigenvalue weighted by molar-refractivity contribution is 6.00. The van der Waals surface area contributed by atoms with Crippen LogP contribution in [0.2, 0.25) is 0 Å². The minimum Gasteiger partial charge on any atom is -0.349 e. The molecule has 0 aliphatic carbocycles. The van der Waals surface area contributed by atoms with Gasteiger partial charge in [-0.25, -0.2) is 4.98 Å². The van der Waals surface area contributed by atoms with Crippen molar-refractivity contribution < 1.29 is 9.59 Å². The van der Waals surface area contributed by atoms with E-state index < -0.39 is 0 Å². The van der Waals surface area contributed by atoms with Crippen LogP contribution in [-0.2, 0) is 9.59 Å². The summed E-state index contributed by atoms with van der Waals surface area (Å²) in [5, 5.41) is 3.05. The highest BCUT2D eigenvalue weighted by atomic mass is 16.2. The van der Waals surface area contributed by atoms with E-state index in [0.717, 1.165) is 16.9 Å². The average Bonchev–Trinajstić information content (AvgIpc) is 3.39. The lowest BCUT2D eigenvalue weighted by molar-refractivity contribution is -0.126. The molecule has 6 nitrogen and oxygen atoms in total. The number of aromatic nitrogens is 2. The van der Waals surface area contributed by atoms with E-state index in [2.05, 4.69) is 10.3 Å². The minimum atomic E-state index is -0.333. The quantitative estimate of drug-likeness (QED) is 0.746. The molecule has 4 rings (SSSR count). The summed E-state index contributed by atoms with van der Waals surface area (Å²) >= 11 is 0. The third-order valence-electron chi connectivity index (χ3n) is 5.12. The summed E-state index contributed by atoms with van der Waals surface area (Å²) in [4.78, 5) is 30.8. The van der Waals surface area contributed by atoms with E-state index in [1.807, 2.05) is 72.3 Å². The molecule has 3 aromatic rings. The fraction of sp³-hybridized carbons (Fsp3) is 0.227. The molecule has 0 saturated carbocycles. The van der Waals surface area contributed by atoms with Gasteiger partial charge < -0.3 is 14.8 Å². The van der Waals surface area contributed by atoms with Crippen molar-refractivity contribution in [1.82, 2.24) is 14.9 Å². The normalized spacial score (nSPS) is 17.5. The second kappa shape index (κ2) is 7.68. The molecule has 1 fully saturated rings. The molecular formula is C22H22N4O2. The van der Waals surface area contributed by atoms with Crippen molar-refractivity contribution in [3.05, 3.63) is 78.9 Å². The number of carbonyl (C=O) groups excluding carboxylic acids is 2. The zero-order valence-electron chi connectivity index (χ0n) is 15.7. The van der Waals surface area contributed by atoms with Gasteiger partial charge in [0, 0.05) is 36.7 Å². The minimum absolute atomic E-state index is 0.0105. The highest BCUT2D eigenvalue weighted by Crippen LogP contribution is 2.25. The van der Waals surface area contributed by atoms with Gasteiger partial charge in [-0.15, -0.1) is 0 Å². The fourth-order valence-electron chi connectivity index (χ4n) is 3.50. The van der Waals surface area contributed by atoms with Gasteiger partial charge in [-0.05, 0) is 36.8 Å². The van der Waals surface area contributed by atoms with Crippen LogP contribution >= 0.6 is 0 Å². The molecule has 1 N–H and O–H groups in total. The Morgan fingerprint density at radius 3 is 2.54 bits per heavy atom. The summed E-state index contributed by atoms with van der Waals surface area (Å²) < 4.78 is 1.93. The number of anilines is 1. The maximum atomic E-state index is 12.7. The predicted molar refractivity (Wildman–Crippen MR) is 107 cm³/mol. The van der Waals surface area contributed by atoms with Crippen LogP contribution < -0.4 is 10.2 Å². The lowest BCUT2D eigenvalue weighted by Gasteiger charge is -2.19. The fourth-order valence-corrected chi connectivity index (χ4v) is 3.50. The third-order valence-corrected chi connectivity index (χ3v) is 5.12. The summed E-state index contributed by atoms with van der Waals surface area (Å²) in [6.07, 6.45) is 5.61. The predicted octanol–water partition coefficient (Wildman–Crippen LogP) is 3.10. The summed E-state index contributed by atoms with van der Waals surface area (Å²) in [5.41, 5.74) is 2.87. The van der Waals surface area contributed by atoms with Crippen LogP contribution in [0.15, 0.2) is 73.3 Å². The number of imidazole rings is 1. The average molecular weight is 374 g/mol. The molecule has 1 saturated heterocycles. The van der Waals surface area contributed by atoms with Crippen molar-refractivity contribution in [3.8, 4) is 5.69 Å². The monoisotopic (exact) mass is 374 g/mol. The van der Waals surface area contributed by atoms with E-state index >= 15 is 0 Å². The lowest BCUT2D eigenvalue weighted by atomic mass is 10.0. The molecule has 142 valence electrons. The van der Waals surface area contributed by atoms with Crippen molar-refractivity contribution >= 4 is 17.5 Å². The van der Waals surface area contributed by atoms with Gasteiger partial charge in [-0.1, -0.05) is 30.3 Å². The first-order chi connectivity index (χ1) is 13.6. The molecule has 2 atom stereocenters. The van der Waals surface area contributed by atoms with Crippen LogP contribution in [0, 0.1) is 5.92 Å². The number of amides is 2. The number of carbonyl (C=O) groups is 2. The Kier molecular flexibility index (Phi) is 4.93. The molecular weight excluding hydrogens is 352 g/mol. The number of benzene rings is 2.